The molecule has 2 fully saturated rings. The zero-order valence-corrected chi connectivity index (χ0v) is 7.66. The molecule has 1 aliphatic carbocycles. The van der Waals surface area contributed by atoms with Crippen LogP contribution >= 0.6 is 0 Å². The van der Waals surface area contributed by atoms with Crippen LogP contribution in [0.25, 0.3) is 0 Å². The Hall–Kier alpha value is -0.370. The maximum atomic E-state index is 8.00. The van der Waals surface area contributed by atoms with Crippen molar-refractivity contribution in [3.63, 3.8) is 0 Å². The van der Waals surface area contributed by atoms with E-state index in [0.29, 0.717) is 5.41 Å². The first-order valence-corrected chi connectivity index (χ1v) is 5.12. The number of rotatable bonds is 0. The second-order valence-corrected chi connectivity index (χ2v) is 4.22. The van der Waals surface area contributed by atoms with Crippen LogP contribution in [0.2, 0.25) is 0 Å². The molecule has 2 heteroatoms. The molecule has 1 spiro atoms. The molecule has 12 heavy (non-hydrogen) atoms. The Morgan fingerprint density at radius 1 is 1.08 bits per heavy atom. The molecule has 0 radical (unpaired) electrons. The number of piperidine rings is 1. The average Bonchev–Trinajstić information content (AvgIpc) is 2.12. The number of hydrogen-bond donors (Lipinski definition) is 2. The van der Waals surface area contributed by atoms with Crippen LogP contribution in [0.4, 0.5) is 0 Å². The van der Waals surface area contributed by atoms with Crippen molar-refractivity contribution in [1.82, 2.24) is 5.32 Å². The van der Waals surface area contributed by atoms with E-state index in [2.05, 4.69) is 5.32 Å². The predicted octanol–water partition coefficient (Wildman–Crippen LogP) is 1.95. The van der Waals surface area contributed by atoms with Gasteiger partial charge in [-0.25, -0.2) is 0 Å². The minimum atomic E-state index is 0.337. The lowest BCUT2D eigenvalue weighted by Gasteiger charge is -2.41. The fourth-order valence-electron chi connectivity index (χ4n) is 2.64. The van der Waals surface area contributed by atoms with E-state index in [-0.39, 0.29) is 0 Å². The molecular formula is C10H18N2. The highest BCUT2D eigenvalue weighted by Crippen LogP contribution is 2.40. The van der Waals surface area contributed by atoms with E-state index in [4.69, 9.17) is 5.41 Å². The first-order chi connectivity index (χ1) is 5.83. The topological polar surface area (TPSA) is 35.9 Å². The Kier molecular flexibility index (Phi) is 2.18. The monoisotopic (exact) mass is 166 g/mol. The maximum absolute atomic E-state index is 8.00. The highest BCUT2D eigenvalue weighted by atomic mass is 14.9. The molecule has 0 unspecified atom stereocenters. The lowest BCUT2D eigenvalue weighted by molar-refractivity contribution is 0.251. The van der Waals surface area contributed by atoms with Gasteiger partial charge in [-0.05, 0) is 45.2 Å². The highest BCUT2D eigenvalue weighted by molar-refractivity contribution is 5.88. The van der Waals surface area contributed by atoms with Gasteiger partial charge >= 0.3 is 0 Å². The average molecular weight is 166 g/mol. The smallest absolute Gasteiger partial charge is 0.0152 e. The van der Waals surface area contributed by atoms with Crippen LogP contribution in [0, 0.1) is 10.8 Å². The summed E-state index contributed by atoms with van der Waals surface area (Å²) in [6.45, 7) is 2.25. The van der Waals surface area contributed by atoms with Gasteiger partial charge in [0.1, 0.15) is 0 Å². The molecular weight excluding hydrogens is 148 g/mol. The summed E-state index contributed by atoms with van der Waals surface area (Å²) in [5.41, 5.74) is 1.39. The summed E-state index contributed by atoms with van der Waals surface area (Å²) in [7, 11) is 0. The van der Waals surface area contributed by atoms with Crippen molar-refractivity contribution in [3.8, 4) is 0 Å². The van der Waals surface area contributed by atoms with Crippen LogP contribution in [-0.4, -0.2) is 18.8 Å². The molecule has 0 atom stereocenters. The molecule has 1 saturated carbocycles. The number of hydrogen-bond acceptors (Lipinski definition) is 2. The largest absolute Gasteiger partial charge is 0.317 e. The van der Waals surface area contributed by atoms with Gasteiger partial charge in [-0.3, -0.25) is 0 Å². The molecule has 2 rings (SSSR count). The number of nitrogens with one attached hydrogen (secondary N) is 2. The summed E-state index contributed by atoms with van der Waals surface area (Å²) in [6, 6.07) is 0. The van der Waals surface area contributed by atoms with Crippen LogP contribution < -0.4 is 5.32 Å². The third kappa shape index (κ3) is 1.28. The fraction of sp³-hybridized carbons (Fsp3) is 0.900. The second-order valence-electron chi connectivity index (χ2n) is 4.22. The molecule has 68 valence electrons. The minimum absolute atomic E-state index is 0.337. The zero-order valence-electron chi connectivity index (χ0n) is 7.66. The molecule has 2 nitrogen and oxygen atoms in total. The highest BCUT2D eigenvalue weighted by Gasteiger charge is 2.37. The Morgan fingerprint density at radius 3 is 2.50 bits per heavy atom. The van der Waals surface area contributed by atoms with Crippen molar-refractivity contribution >= 4 is 5.71 Å². The summed E-state index contributed by atoms with van der Waals surface area (Å²) < 4.78 is 0. The van der Waals surface area contributed by atoms with Gasteiger partial charge in [-0.15, -0.1) is 0 Å². The summed E-state index contributed by atoms with van der Waals surface area (Å²) in [4.78, 5) is 0. The van der Waals surface area contributed by atoms with Crippen molar-refractivity contribution in [2.45, 2.75) is 38.5 Å². The summed E-state index contributed by atoms with van der Waals surface area (Å²) in [5, 5.41) is 11.4. The van der Waals surface area contributed by atoms with E-state index in [1.54, 1.807) is 0 Å². The van der Waals surface area contributed by atoms with Crippen LogP contribution in [0.5, 0.6) is 0 Å². The quantitative estimate of drug-likeness (QED) is 0.567. The van der Waals surface area contributed by atoms with Gasteiger partial charge < -0.3 is 10.7 Å². The van der Waals surface area contributed by atoms with Crippen LogP contribution in [0.15, 0.2) is 0 Å². The normalized spacial score (nSPS) is 29.2. The van der Waals surface area contributed by atoms with E-state index in [1.807, 2.05) is 0 Å². The second kappa shape index (κ2) is 3.17. The molecule has 0 aromatic heterocycles. The maximum Gasteiger partial charge on any atom is 0.0152 e. The Bertz CT molecular complexity index is 172. The van der Waals surface area contributed by atoms with Gasteiger partial charge in [0.2, 0.25) is 0 Å². The third-order valence-electron chi connectivity index (χ3n) is 3.53. The van der Waals surface area contributed by atoms with E-state index in [1.165, 1.54) is 32.1 Å². The first-order valence-electron chi connectivity index (χ1n) is 5.12. The fourth-order valence-corrected chi connectivity index (χ4v) is 2.64. The molecule has 2 aliphatic rings. The van der Waals surface area contributed by atoms with E-state index in [0.717, 1.165) is 25.2 Å². The predicted molar refractivity (Wildman–Crippen MR) is 50.7 cm³/mol. The Balaban J connectivity index is 2.09. The molecule has 0 aromatic rings. The van der Waals surface area contributed by atoms with Gasteiger partial charge in [-0.1, -0.05) is 6.42 Å². The minimum Gasteiger partial charge on any atom is -0.317 e. The van der Waals surface area contributed by atoms with Crippen LogP contribution in [0.1, 0.15) is 38.5 Å². The van der Waals surface area contributed by atoms with Gasteiger partial charge in [0.15, 0.2) is 0 Å². The lowest BCUT2D eigenvalue weighted by Crippen LogP contribution is -2.43. The summed E-state index contributed by atoms with van der Waals surface area (Å²) in [5.74, 6) is 0. The van der Waals surface area contributed by atoms with Crippen molar-refractivity contribution in [2.75, 3.05) is 13.1 Å². The van der Waals surface area contributed by atoms with Crippen LogP contribution in [-0.2, 0) is 0 Å². The van der Waals surface area contributed by atoms with E-state index in [9.17, 15) is 0 Å². The van der Waals surface area contributed by atoms with Crippen molar-refractivity contribution in [2.24, 2.45) is 5.41 Å². The van der Waals surface area contributed by atoms with Gasteiger partial charge in [0.25, 0.3) is 0 Å². The standard InChI is InChI=1S/C10H18N2/c11-9-3-1-2-4-10(9)5-7-12-8-6-10/h11-12H,1-8H2. The van der Waals surface area contributed by atoms with Crippen molar-refractivity contribution in [1.29, 1.82) is 5.41 Å². The molecule has 0 amide bonds. The van der Waals surface area contributed by atoms with E-state index >= 15 is 0 Å². The SMILES string of the molecule is N=C1CCCCC12CCNCC2. The lowest BCUT2D eigenvalue weighted by atomic mass is 9.67. The molecule has 0 bridgehead atoms. The summed E-state index contributed by atoms with van der Waals surface area (Å²) in [6.07, 6.45) is 7.39. The Morgan fingerprint density at radius 2 is 1.83 bits per heavy atom. The molecule has 1 saturated heterocycles. The summed E-state index contributed by atoms with van der Waals surface area (Å²) >= 11 is 0. The van der Waals surface area contributed by atoms with Crippen LogP contribution in [0.3, 0.4) is 0 Å². The van der Waals surface area contributed by atoms with Gasteiger partial charge in [-0.2, -0.15) is 0 Å². The first kappa shape index (κ1) is 8.24. The van der Waals surface area contributed by atoms with Gasteiger partial charge in [0, 0.05) is 11.1 Å². The zero-order chi connectivity index (χ0) is 8.44. The molecule has 1 aliphatic heterocycles. The molecule has 1 heterocycles. The molecule has 2 N–H and O–H groups in total. The molecule has 0 aromatic carbocycles. The Labute approximate surface area is 74.2 Å². The van der Waals surface area contributed by atoms with Gasteiger partial charge in [0.05, 0.1) is 0 Å². The van der Waals surface area contributed by atoms with E-state index < -0.39 is 0 Å². The van der Waals surface area contributed by atoms with Crippen molar-refractivity contribution < 1.29 is 0 Å². The third-order valence-corrected chi connectivity index (χ3v) is 3.53. The van der Waals surface area contributed by atoms with Crippen molar-refractivity contribution in [3.05, 3.63) is 0 Å².